The summed E-state index contributed by atoms with van der Waals surface area (Å²) in [4.78, 5) is 15.0. The van der Waals surface area contributed by atoms with Crippen LogP contribution < -0.4 is 0 Å². The fourth-order valence-electron chi connectivity index (χ4n) is 4.13. The molecule has 1 unspecified atom stereocenters. The Morgan fingerprint density at radius 2 is 1.96 bits per heavy atom. The van der Waals surface area contributed by atoms with Crippen molar-refractivity contribution in [2.75, 3.05) is 6.54 Å². The van der Waals surface area contributed by atoms with E-state index in [1.165, 1.54) is 11.1 Å². The van der Waals surface area contributed by atoms with Crippen LogP contribution in [0.3, 0.4) is 0 Å². The number of nitrogens with zero attached hydrogens (tertiary/aromatic N) is 2. The molecule has 4 heteroatoms. The van der Waals surface area contributed by atoms with Crippen LogP contribution in [-0.4, -0.2) is 22.5 Å². The number of aryl methyl sites for hydroxylation is 1. The average Bonchev–Trinajstić information content (AvgIpc) is 3.03. The molecule has 2 heterocycles. The highest BCUT2D eigenvalue weighted by Gasteiger charge is 2.35. The first-order chi connectivity index (χ1) is 11.9. The molecule has 2 aromatic rings. The van der Waals surface area contributed by atoms with Crippen LogP contribution >= 0.6 is 0 Å². The Balaban J connectivity index is 1.58. The summed E-state index contributed by atoms with van der Waals surface area (Å²) in [5, 5.41) is 4.18. The first-order valence-corrected chi connectivity index (χ1v) is 9.27. The second kappa shape index (κ2) is 6.01. The van der Waals surface area contributed by atoms with Gasteiger partial charge in [0.25, 0.3) is 5.91 Å². The molecule has 0 N–H and O–H groups in total. The predicted octanol–water partition coefficient (Wildman–Crippen LogP) is 4.02. The molecule has 1 amide bonds. The normalized spacial score (nSPS) is 20.1. The van der Waals surface area contributed by atoms with Gasteiger partial charge in [-0.3, -0.25) is 4.79 Å². The molecular formula is C21H26N2O2. The van der Waals surface area contributed by atoms with Gasteiger partial charge in [0.15, 0.2) is 5.69 Å². The number of amides is 1. The van der Waals surface area contributed by atoms with Gasteiger partial charge in [-0.2, -0.15) is 0 Å². The third-order valence-electron chi connectivity index (χ3n) is 5.89. The van der Waals surface area contributed by atoms with E-state index in [1.54, 1.807) is 0 Å². The van der Waals surface area contributed by atoms with Crippen molar-refractivity contribution in [2.24, 2.45) is 11.3 Å². The summed E-state index contributed by atoms with van der Waals surface area (Å²) in [6.45, 7) is 8.25. The number of aromatic nitrogens is 1. The third-order valence-corrected chi connectivity index (χ3v) is 5.89. The number of benzene rings is 1. The van der Waals surface area contributed by atoms with E-state index in [2.05, 4.69) is 44.1 Å². The van der Waals surface area contributed by atoms with Gasteiger partial charge in [-0.25, -0.2) is 0 Å². The fourth-order valence-corrected chi connectivity index (χ4v) is 4.13. The van der Waals surface area contributed by atoms with E-state index < -0.39 is 0 Å². The van der Waals surface area contributed by atoms with Crippen LogP contribution in [0.1, 0.15) is 60.1 Å². The number of carbonyl (C=O) groups excluding carboxylic acids is 1. The van der Waals surface area contributed by atoms with Gasteiger partial charge in [-0.15, -0.1) is 0 Å². The highest BCUT2D eigenvalue weighted by atomic mass is 16.5. The Kier molecular flexibility index (Phi) is 3.94. The summed E-state index contributed by atoms with van der Waals surface area (Å²) in [7, 11) is 0. The van der Waals surface area contributed by atoms with Crippen LogP contribution in [0.5, 0.6) is 0 Å². The zero-order valence-corrected chi connectivity index (χ0v) is 15.3. The molecule has 1 aromatic heterocycles. The Morgan fingerprint density at radius 1 is 1.20 bits per heavy atom. The minimum absolute atomic E-state index is 0.0223. The van der Waals surface area contributed by atoms with Crippen LogP contribution in [0.15, 0.2) is 28.8 Å². The van der Waals surface area contributed by atoms with Gasteiger partial charge in [0, 0.05) is 25.1 Å². The minimum Gasteiger partial charge on any atom is -0.360 e. The molecule has 132 valence electrons. The monoisotopic (exact) mass is 338 g/mol. The summed E-state index contributed by atoms with van der Waals surface area (Å²) in [6.07, 6.45) is 3.80. The summed E-state index contributed by atoms with van der Waals surface area (Å²) in [5.74, 6) is 1.50. The molecule has 1 aliphatic heterocycles. The molecule has 4 nitrogen and oxygen atoms in total. The summed E-state index contributed by atoms with van der Waals surface area (Å²) < 4.78 is 5.53. The SMILES string of the molecule is CC(C)(C)C1CCc2onc(C(=O)N3CCc4ccccc4C3)c2C1. The molecule has 0 saturated heterocycles. The van der Waals surface area contributed by atoms with Gasteiger partial charge in [-0.1, -0.05) is 50.2 Å². The van der Waals surface area contributed by atoms with Crippen LogP contribution in [0.25, 0.3) is 0 Å². The van der Waals surface area contributed by atoms with E-state index in [0.717, 1.165) is 43.6 Å². The number of carbonyl (C=O) groups is 1. The molecule has 0 spiro atoms. The topological polar surface area (TPSA) is 46.3 Å². The molecule has 1 atom stereocenters. The largest absolute Gasteiger partial charge is 0.360 e. The van der Waals surface area contributed by atoms with Crippen molar-refractivity contribution >= 4 is 5.91 Å². The molecule has 25 heavy (non-hydrogen) atoms. The highest BCUT2D eigenvalue weighted by molar-refractivity contribution is 5.94. The van der Waals surface area contributed by atoms with Crippen molar-refractivity contribution in [1.82, 2.24) is 10.1 Å². The van der Waals surface area contributed by atoms with Gasteiger partial charge < -0.3 is 9.42 Å². The first-order valence-electron chi connectivity index (χ1n) is 9.27. The zero-order chi connectivity index (χ0) is 17.6. The Morgan fingerprint density at radius 3 is 2.72 bits per heavy atom. The lowest BCUT2D eigenvalue weighted by atomic mass is 9.71. The molecule has 1 aliphatic carbocycles. The number of fused-ring (bicyclic) bond motifs is 2. The number of hydrogen-bond donors (Lipinski definition) is 0. The van der Waals surface area contributed by atoms with Crippen LogP contribution in [0.2, 0.25) is 0 Å². The lowest BCUT2D eigenvalue weighted by Gasteiger charge is -2.33. The third kappa shape index (κ3) is 2.99. The Hall–Kier alpha value is -2.10. The number of hydrogen-bond acceptors (Lipinski definition) is 3. The molecule has 0 radical (unpaired) electrons. The highest BCUT2D eigenvalue weighted by Crippen LogP contribution is 2.38. The molecule has 0 bridgehead atoms. The molecule has 4 rings (SSSR count). The van der Waals surface area contributed by atoms with Crippen molar-refractivity contribution in [1.29, 1.82) is 0 Å². The van der Waals surface area contributed by atoms with Crippen molar-refractivity contribution in [2.45, 2.75) is 53.0 Å². The van der Waals surface area contributed by atoms with Gasteiger partial charge in [0.05, 0.1) is 0 Å². The van der Waals surface area contributed by atoms with Crippen molar-refractivity contribution in [3.63, 3.8) is 0 Å². The van der Waals surface area contributed by atoms with E-state index in [-0.39, 0.29) is 11.3 Å². The average molecular weight is 338 g/mol. The molecule has 1 aromatic carbocycles. The number of rotatable bonds is 1. The van der Waals surface area contributed by atoms with E-state index >= 15 is 0 Å². The van der Waals surface area contributed by atoms with Crippen LogP contribution in [-0.2, 0) is 25.8 Å². The van der Waals surface area contributed by atoms with E-state index in [4.69, 9.17) is 4.52 Å². The maximum atomic E-state index is 13.1. The second-order valence-electron chi connectivity index (χ2n) is 8.48. The maximum Gasteiger partial charge on any atom is 0.276 e. The minimum atomic E-state index is 0.0223. The van der Waals surface area contributed by atoms with E-state index in [0.29, 0.717) is 18.2 Å². The maximum absolute atomic E-state index is 13.1. The van der Waals surface area contributed by atoms with Crippen LogP contribution in [0, 0.1) is 11.3 Å². The smallest absolute Gasteiger partial charge is 0.276 e. The van der Waals surface area contributed by atoms with E-state index in [9.17, 15) is 4.79 Å². The van der Waals surface area contributed by atoms with Crippen molar-refractivity contribution in [3.8, 4) is 0 Å². The second-order valence-corrected chi connectivity index (χ2v) is 8.48. The predicted molar refractivity (Wildman–Crippen MR) is 96.4 cm³/mol. The summed E-state index contributed by atoms with van der Waals surface area (Å²) in [5.41, 5.74) is 4.42. The lowest BCUT2D eigenvalue weighted by Crippen LogP contribution is -2.37. The molecular weight excluding hydrogens is 312 g/mol. The zero-order valence-electron chi connectivity index (χ0n) is 15.3. The fraction of sp³-hybridized carbons (Fsp3) is 0.524. The Bertz CT molecular complexity index is 800. The summed E-state index contributed by atoms with van der Waals surface area (Å²) >= 11 is 0. The molecule has 0 fully saturated rings. The van der Waals surface area contributed by atoms with Gasteiger partial charge in [-0.05, 0) is 41.7 Å². The van der Waals surface area contributed by atoms with Crippen LogP contribution in [0.4, 0.5) is 0 Å². The quantitative estimate of drug-likeness (QED) is 0.789. The Labute approximate surface area is 149 Å². The van der Waals surface area contributed by atoms with Gasteiger partial charge in [0.2, 0.25) is 0 Å². The molecule has 2 aliphatic rings. The first kappa shape index (κ1) is 16.4. The molecule has 0 saturated carbocycles. The van der Waals surface area contributed by atoms with Crippen molar-refractivity contribution < 1.29 is 9.32 Å². The van der Waals surface area contributed by atoms with Gasteiger partial charge in [0.1, 0.15) is 5.76 Å². The summed E-state index contributed by atoms with van der Waals surface area (Å²) in [6, 6.07) is 8.38. The van der Waals surface area contributed by atoms with Gasteiger partial charge >= 0.3 is 0 Å². The van der Waals surface area contributed by atoms with Crippen molar-refractivity contribution in [3.05, 3.63) is 52.4 Å². The standard InChI is InChI=1S/C21H26N2O2/c1-21(2,3)16-8-9-18-17(12-16)19(22-25-18)20(24)23-11-10-14-6-4-5-7-15(14)13-23/h4-7,16H,8-13H2,1-3H3. The van der Waals surface area contributed by atoms with E-state index in [1.807, 2.05) is 11.0 Å². The lowest BCUT2D eigenvalue weighted by molar-refractivity contribution is 0.0722.